The molecule has 2 aromatic heterocycles. The van der Waals surface area contributed by atoms with E-state index in [9.17, 15) is 4.79 Å². The van der Waals surface area contributed by atoms with Crippen LogP contribution in [0, 0.1) is 0 Å². The van der Waals surface area contributed by atoms with Crippen molar-refractivity contribution in [2.45, 2.75) is 39.2 Å². The number of nitrogens with one attached hydrogen (secondary N) is 2. The zero-order chi connectivity index (χ0) is 15.5. The fourth-order valence-electron chi connectivity index (χ4n) is 1.71. The van der Waals surface area contributed by atoms with Crippen LogP contribution in [0.25, 0.3) is 0 Å². The average molecular weight is 304 g/mol. The van der Waals surface area contributed by atoms with E-state index in [2.05, 4.69) is 41.4 Å². The molecule has 1 unspecified atom stereocenters. The number of aromatic nitrogens is 2. The lowest BCUT2D eigenvalue weighted by atomic mass is 9.96. The molecular formula is C15H20N4OS. The summed E-state index contributed by atoms with van der Waals surface area (Å²) in [4.78, 5) is 21.6. The maximum absolute atomic E-state index is 12.0. The predicted octanol–water partition coefficient (Wildman–Crippen LogP) is 3.72. The number of urea groups is 1. The molecule has 0 aromatic carbocycles. The third-order valence-corrected chi connectivity index (χ3v) is 4.28. The predicted molar refractivity (Wildman–Crippen MR) is 85.6 cm³/mol. The van der Waals surface area contributed by atoms with Gasteiger partial charge in [0.1, 0.15) is 0 Å². The van der Waals surface area contributed by atoms with Gasteiger partial charge >= 0.3 is 6.03 Å². The highest BCUT2D eigenvalue weighted by Crippen LogP contribution is 2.30. The van der Waals surface area contributed by atoms with Crippen molar-refractivity contribution in [1.29, 1.82) is 0 Å². The average Bonchev–Trinajstić information content (AvgIpc) is 2.88. The molecule has 1 atom stereocenters. The van der Waals surface area contributed by atoms with Gasteiger partial charge in [0.05, 0.1) is 11.7 Å². The van der Waals surface area contributed by atoms with Gasteiger partial charge in [0, 0.05) is 17.3 Å². The topological polar surface area (TPSA) is 66.9 Å². The summed E-state index contributed by atoms with van der Waals surface area (Å²) in [5.41, 5.74) is 0.858. The zero-order valence-corrected chi connectivity index (χ0v) is 13.5. The molecule has 6 heteroatoms. The summed E-state index contributed by atoms with van der Waals surface area (Å²) in [6.45, 7) is 8.25. The molecule has 21 heavy (non-hydrogen) atoms. The maximum atomic E-state index is 12.0. The molecule has 2 N–H and O–H groups in total. The van der Waals surface area contributed by atoms with E-state index in [0.717, 1.165) is 10.6 Å². The van der Waals surface area contributed by atoms with Crippen molar-refractivity contribution in [1.82, 2.24) is 15.3 Å². The highest BCUT2D eigenvalue weighted by Gasteiger charge is 2.18. The monoisotopic (exact) mass is 304 g/mol. The van der Waals surface area contributed by atoms with Crippen molar-refractivity contribution in [2.24, 2.45) is 0 Å². The molecule has 0 saturated carbocycles. The lowest BCUT2D eigenvalue weighted by Crippen LogP contribution is -2.31. The van der Waals surface area contributed by atoms with E-state index in [1.54, 1.807) is 6.20 Å². The molecule has 0 aliphatic carbocycles. The third-order valence-electron chi connectivity index (χ3n) is 2.94. The second kappa shape index (κ2) is 6.22. The molecule has 5 nitrogen and oxygen atoms in total. The van der Waals surface area contributed by atoms with E-state index in [4.69, 9.17) is 0 Å². The third kappa shape index (κ3) is 4.26. The number of hydrogen-bond acceptors (Lipinski definition) is 4. The highest BCUT2D eigenvalue weighted by atomic mass is 32.1. The van der Waals surface area contributed by atoms with Crippen molar-refractivity contribution in [3.8, 4) is 0 Å². The molecule has 0 bridgehead atoms. The van der Waals surface area contributed by atoms with E-state index < -0.39 is 0 Å². The fourth-order valence-corrected chi connectivity index (χ4v) is 2.58. The van der Waals surface area contributed by atoms with E-state index in [-0.39, 0.29) is 17.5 Å². The zero-order valence-electron chi connectivity index (χ0n) is 12.7. The molecule has 0 saturated heterocycles. The molecule has 2 rings (SSSR count). The summed E-state index contributed by atoms with van der Waals surface area (Å²) in [7, 11) is 0. The summed E-state index contributed by atoms with van der Waals surface area (Å²) in [6.07, 6.45) is 3.52. The number of carbonyl (C=O) groups is 1. The Bertz CT molecular complexity index is 604. The number of carbonyl (C=O) groups excluding carboxylic acids is 1. The first kappa shape index (κ1) is 15.4. The Kier molecular flexibility index (Phi) is 4.57. The van der Waals surface area contributed by atoms with Gasteiger partial charge in [0.15, 0.2) is 5.13 Å². The van der Waals surface area contributed by atoms with Crippen LogP contribution < -0.4 is 10.6 Å². The first-order valence-electron chi connectivity index (χ1n) is 6.81. The van der Waals surface area contributed by atoms with Gasteiger partial charge in [-0.15, -0.1) is 11.3 Å². The second-order valence-electron chi connectivity index (χ2n) is 5.85. The van der Waals surface area contributed by atoms with Gasteiger partial charge in [0.25, 0.3) is 0 Å². The van der Waals surface area contributed by atoms with Crippen molar-refractivity contribution >= 4 is 22.5 Å². The van der Waals surface area contributed by atoms with Gasteiger partial charge in [-0.3, -0.25) is 10.3 Å². The Labute approximate surface area is 128 Å². The van der Waals surface area contributed by atoms with Crippen molar-refractivity contribution in [3.05, 3.63) is 41.2 Å². The van der Waals surface area contributed by atoms with Crippen LogP contribution in [0.1, 0.15) is 44.3 Å². The van der Waals surface area contributed by atoms with Crippen LogP contribution in [-0.4, -0.2) is 16.0 Å². The standard InChI is InChI=1S/C15H20N4OS/c1-10(11-7-5-6-8-16-11)18-13(20)19-14-17-9-12(21-14)15(2,3)4/h5-10H,1-4H3,(H2,17,18,19,20). The highest BCUT2D eigenvalue weighted by molar-refractivity contribution is 7.15. The number of thiazole rings is 1. The lowest BCUT2D eigenvalue weighted by Gasteiger charge is -2.14. The SMILES string of the molecule is CC(NC(=O)Nc1ncc(C(C)(C)C)s1)c1ccccn1. The van der Waals surface area contributed by atoms with Gasteiger partial charge in [-0.25, -0.2) is 9.78 Å². The van der Waals surface area contributed by atoms with Crippen LogP contribution in [0.5, 0.6) is 0 Å². The minimum atomic E-state index is -0.275. The van der Waals surface area contributed by atoms with Crippen LogP contribution in [0.3, 0.4) is 0 Å². The van der Waals surface area contributed by atoms with Crippen LogP contribution in [-0.2, 0) is 5.41 Å². The Morgan fingerprint density at radius 2 is 2.05 bits per heavy atom. The smallest absolute Gasteiger partial charge is 0.321 e. The molecule has 0 radical (unpaired) electrons. The van der Waals surface area contributed by atoms with E-state index in [0.29, 0.717) is 5.13 Å². The Hall–Kier alpha value is -1.95. The Balaban J connectivity index is 1.94. The Morgan fingerprint density at radius 3 is 2.62 bits per heavy atom. The van der Waals surface area contributed by atoms with Crippen LogP contribution in [0.4, 0.5) is 9.93 Å². The van der Waals surface area contributed by atoms with Gasteiger partial charge in [-0.05, 0) is 24.5 Å². The molecular weight excluding hydrogens is 284 g/mol. The van der Waals surface area contributed by atoms with Crippen molar-refractivity contribution in [2.75, 3.05) is 5.32 Å². The number of anilines is 1. The summed E-state index contributed by atoms with van der Waals surface area (Å²) in [5, 5.41) is 6.21. The molecule has 0 aliphatic heterocycles. The molecule has 0 spiro atoms. The second-order valence-corrected chi connectivity index (χ2v) is 6.89. The number of hydrogen-bond donors (Lipinski definition) is 2. The Morgan fingerprint density at radius 1 is 1.29 bits per heavy atom. The molecule has 2 aromatic rings. The quantitative estimate of drug-likeness (QED) is 0.908. The van der Waals surface area contributed by atoms with E-state index in [1.807, 2.05) is 31.3 Å². The van der Waals surface area contributed by atoms with Crippen molar-refractivity contribution in [3.63, 3.8) is 0 Å². The normalized spacial score (nSPS) is 12.8. The first-order chi connectivity index (χ1) is 9.86. The van der Waals surface area contributed by atoms with Crippen LogP contribution in [0.2, 0.25) is 0 Å². The lowest BCUT2D eigenvalue weighted by molar-refractivity contribution is 0.249. The number of pyridine rings is 1. The maximum Gasteiger partial charge on any atom is 0.321 e. The molecule has 2 amide bonds. The van der Waals surface area contributed by atoms with Crippen LogP contribution in [0.15, 0.2) is 30.6 Å². The van der Waals surface area contributed by atoms with Gasteiger partial charge in [-0.2, -0.15) is 0 Å². The molecule has 112 valence electrons. The molecule has 2 heterocycles. The van der Waals surface area contributed by atoms with Crippen molar-refractivity contribution < 1.29 is 4.79 Å². The summed E-state index contributed by atoms with van der Waals surface area (Å²) < 4.78 is 0. The summed E-state index contributed by atoms with van der Waals surface area (Å²) in [5.74, 6) is 0. The minimum Gasteiger partial charge on any atom is -0.330 e. The van der Waals surface area contributed by atoms with E-state index >= 15 is 0 Å². The van der Waals surface area contributed by atoms with Crippen LogP contribution >= 0.6 is 11.3 Å². The molecule has 0 aliphatic rings. The first-order valence-corrected chi connectivity index (χ1v) is 7.62. The van der Waals surface area contributed by atoms with Gasteiger partial charge in [0.2, 0.25) is 0 Å². The van der Waals surface area contributed by atoms with E-state index in [1.165, 1.54) is 11.3 Å². The van der Waals surface area contributed by atoms with Gasteiger partial charge < -0.3 is 5.32 Å². The molecule has 0 fully saturated rings. The number of nitrogens with zero attached hydrogens (tertiary/aromatic N) is 2. The minimum absolute atomic E-state index is 0.0370. The fraction of sp³-hybridized carbons (Fsp3) is 0.400. The number of amides is 2. The largest absolute Gasteiger partial charge is 0.330 e. The summed E-state index contributed by atoms with van der Waals surface area (Å²) >= 11 is 1.49. The summed E-state index contributed by atoms with van der Waals surface area (Å²) in [6, 6.07) is 5.19. The van der Waals surface area contributed by atoms with Gasteiger partial charge in [-0.1, -0.05) is 26.8 Å². The number of rotatable bonds is 3.